The van der Waals surface area contributed by atoms with Gasteiger partial charge in [0.2, 0.25) is 0 Å². The molecule has 0 unspecified atom stereocenters. The van der Waals surface area contributed by atoms with Crippen LogP contribution in [-0.4, -0.2) is 27.4 Å². The van der Waals surface area contributed by atoms with Crippen molar-refractivity contribution in [3.8, 4) is 0 Å². The van der Waals surface area contributed by atoms with E-state index in [2.05, 4.69) is 0 Å². The van der Waals surface area contributed by atoms with Crippen LogP contribution in [0.4, 0.5) is 0 Å². The minimum atomic E-state index is -0.132. The molecule has 0 atom stereocenters. The van der Waals surface area contributed by atoms with Crippen LogP contribution in [0, 0.1) is 0 Å². The van der Waals surface area contributed by atoms with E-state index in [9.17, 15) is 0 Å². The third-order valence-corrected chi connectivity index (χ3v) is 2.23. The van der Waals surface area contributed by atoms with Gasteiger partial charge in [-0.2, -0.15) is 0 Å². The first kappa shape index (κ1) is 8.38. The molecule has 0 heterocycles. The molecule has 0 spiro atoms. The number of hydrogen-bond acceptors (Lipinski definition) is 0. The minimum absolute atomic E-state index is 0.132. The Kier molecular flexibility index (Phi) is 6.60. The molecule has 0 rings (SSSR count). The fraction of sp³-hybridized carbons (Fsp3) is 1.00. The van der Waals surface area contributed by atoms with Crippen molar-refractivity contribution < 1.29 is 0 Å². The number of halogens is 2. The van der Waals surface area contributed by atoms with Crippen molar-refractivity contribution in [2.45, 2.75) is 22.1 Å². The molecule has 0 nitrogen and oxygen atoms in total. The van der Waals surface area contributed by atoms with Crippen LogP contribution in [0.5, 0.6) is 0 Å². The molecule has 0 aromatic heterocycles. The Balaban J connectivity index is 2.68. The van der Waals surface area contributed by atoms with Crippen molar-refractivity contribution in [1.82, 2.24) is 0 Å². The van der Waals surface area contributed by atoms with Gasteiger partial charge in [-0.1, -0.05) is 0 Å². The zero-order valence-electron chi connectivity index (χ0n) is 4.03. The van der Waals surface area contributed by atoms with E-state index in [-0.39, 0.29) is 4.84 Å². The molecule has 0 saturated carbocycles. The number of alkyl halides is 2. The van der Waals surface area contributed by atoms with Crippen molar-refractivity contribution in [2.75, 3.05) is 0 Å². The molecule has 7 heavy (non-hydrogen) atoms. The Labute approximate surface area is 67.6 Å². The van der Waals surface area contributed by atoms with E-state index in [0.29, 0.717) is 0 Å². The standard InChI is InChI=1S/C4H7Cl2.Sn.H/c1-2-3-4(5)6;;/h4H,1-3H2;;. The number of rotatable bonds is 3. The monoisotopic (exact) mass is 246 g/mol. The molecule has 0 saturated heterocycles. The summed E-state index contributed by atoms with van der Waals surface area (Å²) >= 11 is 12.2. The van der Waals surface area contributed by atoms with Crippen LogP contribution in [0.1, 0.15) is 12.8 Å². The predicted octanol–water partition coefficient (Wildman–Crippen LogP) is 1.89. The molecule has 0 fully saturated rings. The van der Waals surface area contributed by atoms with E-state index in [0.717, 1.165) is 6.42 Å². The molecule has 0 aliphatic heterocycles. The summed E-state index contributed by atoms with van der Waals surface area (Å²) in [6, 6.07) is 0. The summed E-state index contributed by atoms with van der Waals surface area (Å²) in [5.41, 5.74) is 0. The molecule has 0 N–H and O–H groups in total. The third kappa shape index (κ3) is 7.38. The SMILES string of the molecule is ClC(Cl)CC[CH2][SnH]. The topological polar surface area (TPSA) is 0 Å². The van der Waals surface area contributed by atoms with Gasteiger partial charge >= 0.3 is 67.8 Å². The van der Waals surface area contributed by atoms with Crippen molar-refractivity contribution >= 4 is 45.7 Å². The summed E-state index contributed by atoms with van der Waals surface area (Å²) in [6.07, 6.45) is 2.16. The molecule has 0 bridgehead atoms. The second kappa shape index (κ2) is 5.51. The molecule has 0 aromatic rings. The maximum atomic E-state index is 5.44. The fourth-order valence-electron chi connectivity index (χ4n) is 0.272. The summed E-state index contributed by atoms with van der Waals surface area (Å²) in [7, 11) is 0. The molecule has 2 radical (unpaired) electrons. The summed E-state index contributed by atoms with van der Waals surface area (Å²) in [4.78, 5) is -0.132. The van der Waals surface area contributed by atoms with Crippen molar-refractivity contribution in [1.29, 1.82) is 0 Å². The normalized spacial score (nSPS) is 10.3. The first-order valence-electron chi connectivity index (χ1n) is 2.25. The molecule has 0 amide bonds. The van der Waals surface area contributed by atoms with Gasteiger partial charge in [0.05, 0.1) is 0 Å². The fourth-order valence-corrected chi connectivity index (χ4v) is 1.25. The third-order valence-electron chi connectivity index (χ3n) is 0.626. The molecule has 3 heteroatoms. The Hall–Kier alpha value is 1.38. The van der Waals surface area contributed by atoms with Gasteiger partial charge in [-0.3, -0.25) is 0 Å². The molecular formula is C4H8Cl2Sn. The quantitative estimate of drug-likeness (QED) is 0.526. The van der Waals surface area contributed by atoms with E-state index in [1.165, 1.54) is 33.4 Å². The first-order valence-corrected chi connectivity index (χ1v) is 5.46. The van der Waals surface area contributed by atoms with Gasteiger partial charge in [-0.15, -0.1) is 0 Å². The average molecular weight is 246 g/mol. The van der Waals surface area contributed by atoms with E-state index < -0.39 is 0 Å². The molecule has 0 aromatic carbocycles. The Morgan fingerprint density at radius 1 is 1.43 bits per heavy atom. The molecular weight excluding hydrogens is 238 g/mol. The number of hydrogen-bond donors (Lipinski definition) is 0. The van der Waals surface area contributed by atoms with E-state index in [1.807, 2.05) is 0 Å². The van der Waals surface area contributed by atoms with Gasteiger partial charge in [-0.25, -0.2) is 0 Å². The van der Waals surface area contributed by atoms with Crippen LogP contribution in [0.15, 0.2) is 0 Å². The van der Waals surface area contributed by atoms with Gasteiger partial charge < -0.3 is 0 Å². The van der Waals surface area contributed by atoms with Gasteiger partial charge in [-0.05, 0) is 0 Å². The van der Waals surface area contributed by atoms with Gasteiger partial charge in [0.25, 0.3) is 0 Å². The Bertz CT molecular complexity index is 38.7. The first-order chi connectivity index (χ1) is 3.27. The molecule has 0 aliphatic rings. The molecule has 0 aliphatic carbocycles. The maximum absolute atomic E-state index is 5.44. The average Bonchev–Trinajstić information content (AvgIpc) is 1.61. The summed E-state index contributed by atoms with van der Waals surface area (Å²) < 4.78 is 1.31. The van der Waals surface area contributed by atoms with E-state index in [1.54, 1.807) is 0 Å². The zero-order valence-corrected chi connectivity index (χ0v) is 8.84. The van der Waals surface area contributed by atoms with Gasteiger partial charge in [0.15, 0.2) is 0 Å². The van der Waals surface area contributed by atoms with Crippen molar-refractivity contribution in [3.63, 3.8) is 0 Å². The van der Waals surface area contributed by atoms with Crippen molar-refractivity contribution in [2.24, 2.45) is 0 Å². The van der Waals surface area contributed by atoms with Crippen LogP contribution in [0.25, 0.3) is 0 Å². The zero-order chi connectivity index (χ0) is 5.70. The summed E-state index contributed by atoms with van der Waals surface area (Å²) in [5, 5.41) is 0. The van der Waals surface area contributed by atoms with Crippen LogP contribution < -0.4 is 0 Å². The summed E-state index contributed by atoms with van der Waals surface area (Å²) in [6.45, 7) is 0. The Morgan fingerprint density at radius 3 is 2.14 bits per heavy atom. The van der Waals surface area contributed by atoms with Crippen LogP contribution >= 0.6 is 23.2 Å². The molecule has 42 valence electrons. The Morgan fingerprint density at radius 2 is 2.00 bits per heavy atom. The predicted molar refractivity (Wildman–Crippen MR) is 36.7 cm³/mol. The van der Waals surface area contributed by atoms with Crippen molar-refractivity contribution in [3.05, 3.63) is 0 Å². The second-order valence-electron chi connectivity index (χ2n) is 1.32. The van der Waals surface area contributed by atoms with E-state index in [4.69, 9.17) is 23.2 Å². The second-order valence-corrected chi connectivity index (χ2v) is 4.25. The van der Waals surface area contributed by atoms with Crippen LogP contribution in [0.2, 0.25) is 4.44 Å². The van der Waals surface area contributed by atoms with Gasteiger partial charge in [0.1, 0.15) is 0 Å². The summed E-state index contributed by atoms with van der Waals surface area (Å²) in [5.74, 6) is 0. The van der Waals surface area contributed by atoms with Gasteiger partial charge in [0, 0.05) is 0 Å². The van der Waals surface area contributed by atoms with E-state index >= 15 is 0 Å². The van der Waals surface area contributed by atoms with Crippen LogP contribution in [-0.2, 0) is 0 Å². The van der Waals surface area contributed by atoms with Crippen LogP contribution in [0.3, 0.4) is 0 Å².